The van der Waals surface area contributed by atoms with Crippen LogP contribution in [-0.4, -0.2) is 70.4 Å². The topological polar surface area (TPSA) is 104 Å². The average Bonchev–Trinajstić information content (AvgIpc) is 3.12. The lowest BCUT2D eigenvalue weighted by molar-refractivity contribution is -0.140. The highest BCUT2D eigenvalue weighted by molar-refractivity contribution is 6.46. The van der Waals surface area contributed by atoms with E-state index >= 15 is 0 Å². The maximum Gasteiger partial charge on any atom is 0.295 e. The van der Waals surface area contributed by atoms with E-state index in [1.807, 2.05) is 0 Å². The Kier molecular flexibility index (Phi) is 8.01. The molecular formula is C25H29NO8. The molecule has 34 heavy (non-hydrogen) atoms. The third kappa shape index (κ3) is 4.38. The van der Waals surface area contributed by atoms with Crippen LogP contribution < -0.4 is 18.9 Å². The van der Waals surface area contributed by atoms with Crippen LogP contribution in [0.15, 0.2) is 42.0 Å². The fourth-order valence-corrected chi connectivity index (χ4v) is 4.16. The van der Waals surface area contributed by atoms with E-state index in [2.05, 4.69) is 0 Å². The van der Waals surface area contributed by atoms with Crippen molar-refractivity contribution in [3.63, 3.8) is 0 Å². The molecule has 0 spiro atoms. The normalized spacial score (nSPS) is 17.1. The van der Waals surface area contributed by atoms with Gasteiger partial charge >= 0.3 is 0 Å². The molecule has 1 amide bonds. The predicted octanol–water partition coefficient (Wildman–Crippen LogP) is 3.18. The van der Waals surface area contributed by atoms with Gasteiger partial charge in [0.15, 0.2) is 11.5 Å². The van der Waals surface area contributed by atoms with Gasteiger partial charge in [-0.1, -0.05) is 18.2 Å². The number of aliphatic hydroxyl groups excluding tert-OH is 1. The highest BCUT2D eigenvalue weighted by Gasteiger charge is 2.47. The van der Waals surface area contributed by atoms with Crippen LogP contribution >= 0.6 is 0 Å². The van der Waals surface area contributed by atoms with E-state index in [0.29, 0.717) is 41.6 Å². The summed E-state index contributed by atoms with van der Waals surface area (Å²) in [4.78, 5) is 27.9. The lowest BCUT2D eigenvalue weighted by Crippen LogP contribution is -2.31. The Labute approximate surface area is 198 Å². The van der Waals surface area contributed by atoms with Crippen molar-refractivity contribution in [3.05, 3.63) is 53.1 Å². The number of methoxy groups -OCH3 is 5. The molecule has 1 heterocycles. The Balaban J connectivity index is 2.31. The second-order valence-corrected chi connectivity index (χ2v) is 7.46. The molecular weight excluding hydrogens is 442 g/mol. The number of benzene rings is 2. The minimum absolute atomic E-state index is 0.100. The van der Waals surface area contributed by atoms with Gasteiger partial charge in [0.1, 0.15) is 22.8 Å². The molecule has 1 saturated heterocycles. The molecule has 2 aromatic rings. The molecule has 1 fully saturated rings. The van der Waals surface area contributed by atoms with Crippen molar-refractivity contribution in [1.82, 2.24) is 4.90 Å². The van der Waals surface area contributed by atoms with Crippen molar-refractivity contribution >= 4 is 17.4 Å². The number of aliphatic hydroxyl groups is 1. The SMILES string of the molecule is COCCCN1C(=O)C(=O)/C(=C(/O)c2c(OC)cccc2OC)C1c1cccc(OC)c1OC. The van der Waals surface area contributed by atoms with Crippen molar-refractivity contribution in [3.8, 4) is 23.0 Å². The first-order valence-corrected chi connectivity index (χ1v) is 10.6. The molecule has 0 bridgehead atoms. The summed E-state index contributed by atoms with van der Waals surface area (Å²) in [5.74, 6) is -0.600. The van der Waals surface area contributed by atoms with Crippen LogP contribution in [0.5, 0.6) is 23.0 Å². The first-order valence-electron chi connectivity index (χ1n) is 10.6. The van der Waals surface area contributed by atoms with E-state index in [9.17, 15) is 14.7 Å². The molecule has 182 valence electrons. The molecule has 0 saturated carbocycles. The summed E-state index contributed by atoms with van der Waals surface area (Å²) in [7, 11) is 7.41. The van der Waals surface area contributed by atoms with Crippen LogP contribution in [0.2, 0.25) is 0 Å². The second kappa shape index (κ2) is 10.9. The largest absolute Gasteiger partial charge is 0.506 e. The van der Waals surface area contributed by atoms with E-state index in [1.165, 1.54) is 33.3 Å². The highest BCUT2D eigenvalue weighted by Crippen LogP contribution is 2.47. The Bertz CT molecular complexity index is 1070. The minimum Gasteiger partial charge on any atom is -0.506 e. The lowest BCUT2D eigenvalue weighted by atomic mass is 9.93. The van der Waals surface area contributed by atoms with Crippen LogP contribution in [-0.2, 0) is 14.3 Å². The number of amides is 1. The number of para-hydroxylation sites is 1. The molecule has 1 aliphatic rings. The zero-order valence-electron chi connectivity index (χ0n) is 19.9. The number of carbonyl (C=O) groups is 2. The van der Waals surface area contributed by atoms with Crippen molar-refractivity contribution in [2.75, 3.05) is 48.7 Å². The molecule has 1 atom stereocenters. The smallest absolute Gasteiger partial charge is 0.295 e. The minimum atomic E-state index is -0.934. The molecule has 9 nitrogen and oxygen atoms in total. The molecule has 1 N–H and O–H groups in total. The number of carbonyl (C=O) groups excluding carboxylic acids is 2. The summed E-state index contributed by atoms with van der Waals surface area (Å²) in [5, 5.41) is 11.5. The average molecular weight is 472 g/mol. The molecule has 1 aliphatic heterocycles. The third-order valence-electron chi connectivity index (χ3n) is 5.68. The van der Waals surface area contributed by atoms with Crippen LogP contribution in [0.4, 0.5) is 0 Å². The van der Waals surface area contributed by atoms with Gasteiger partial charge in [-0.05, 0) is 24.6 Å². The number of hydrogen-bond acceptors (Lipinski definition) is 8. The van der Waals surface area contributed by atoms with Gasteiger partial charge in [0.25, 0.3) is 11.7 Å². The number of likely N-dealkylation sites (tertiary alicyclic amines) is 1. The van der Waals surface area contributed by atoms with Crippen molar-refractivity contribution < 1.29 is 38.4 Å². The van der Waals surface area contributed by atoms with E-state index in [1.54, 1.807) is 43.5 Å². The molecule has 9 heteroatoms. The van der Waals surface area contributed by atoms with E-state index in [4.69, 9.17) is 23.7 Å². The van der Waals surface area contributed by atoms with Gasteiger partial charge in [0.2, 0.25) is 0 Å². The maximum atomic E-state index is 13.3. The molecule has 0 aromatic heterocycles. The van der Waals surface area contributed by atoms with Crippen molar-refractivity contribution in [1.29, 1.82) is 0 Å². The summed E-state index contributed by atoms with van der Waals surface area (Å²) < 4.78 is 27.0. The first kappa shape index (κ1) is 24.9. The Morgan fingerprint density at radius 1 is 0.882 bits per heavy atom. The Hall–Kier alpha value is -3.72. The monoisotopic (exact) mass is 471 g/mol. The van der Waals surface area contributed by atoms with Gasteiger partial charge in [-0.3, -0.25) is 9.59 Å². The molecule has 0 radical (unpaired) electrons. The summed E-state index contributed by atoms with van der Waals surface area (Å²) in [5.41, 5.74) is 0.569. The first-order chi connectivity index (χ1) is 16.4. The maximum absolute atomic E-state index is 13.3. The zero-order valence-corrected chi connectivity index (χ0v) is 19.9. The van der Waals surface area contributed by atoms with E-state index < -0.39 is 23.5 Å². The van der Waals surface area contributed by atoms with Crippen LogP contribution in [0.3, 0.4) is 0 Å². The number of Topliss-reactive ketones (excluding diaryl/α,β-unsaturated/α-hetero) is 1. The van der Waals surface area contributed by atoms with Crippen LogP contribution in [0.25, 0.3) is 5.76 Å². The Morgan fingerprint density at radius 2 is 1.47 bits per heavy atom. The molecule has 1 unspecified atom stereocenters. The van der Waals surface area contributed by atoms with Gasteiger partial charge in [-0.25, -0.2) is 0 Å². The summed E-state index contributed by atoms with van der Waals surface area (Å²) >= 11 is 0. The quantitative estimate of drug-likeness (QED) is 0.244. The number of hydrogen-bond donors (Lipinski definition) is 1. The third-order valence-corrected chi connectivity index (χ3v) is 5.68. The van der Waals surface area contributed by atoms with Crippen LogP contribution in [0.1, 0.15) is 23.6 Å². The lowest BCUT2D eigenvalue weighted by Gasteiger charge is -2.27. The summed E-state index contributed by atoms with van der Waals surface area (Å²) in [6.45, 7) is 0.620. The highest BCUT2D eigenvalue weighted by atomic mass is 16.5. The van der Waals surface area contributed by atoms with Gasteiger partial charge < -0.3 is 33.7 Å². The van der Waals surface area contributed by atoms with Crippen molar-refractivity contribution in [2.45, 2.75) is 12.5 Å². The van der Waals surface area contributed by atoms with Crippen molar-refractivity contribution in [2.24, 2.45) is 0 Å². The zero-order chi connectivity index (χ0) is 24.8. The van der Waals surface area contributed by atoms with Crippen LogP contribution in [0, 0.1) is 0 Å². The fraction of sp³-hybridized carbons (Fsp3) is 0.360. The predicted molar refractivity (Wildman–Crippen MR) is 125 cm³/mol. The summed E-state index contributed by atoms with van der Waals surface area (Å²) in [6, 6.07) is 9.20. The van der Waals surface area contributed by atoms with E-state index in [0.717, 1.165) is 0 Å². The van der Waals surface area contributed by atoms with Gasteiger partial charge in [-0.15, -0.1) is 0 Å². The number of ketones is 1. The Morgan fingerprint density at radius 3 is 2.03 bits per heavy atom. The number of nitrogens with zero attached hydrogens (tertiary/aromatic N) is 1. The molecule has 3 rings (SSSR count). The molecule has 2 aromatic carbocycles. The van der Waals surface area contributed by atoms with E-state index in [-0.39, 0.29) is 17.7 Å². The van der Waals surface area contributed by atoms with Gasteiger partial charge in [0.05, 0.1) is 40.1 Å². The van der Waals surface area contributed by atoms with Gasteiger partial charge in [-0.2, -0.15) is 0 Å². The number of ether oxygens (including phenoxy) is 5. The second-order valence-electron chi connectivity index (χ2n) is 7.46. The molecule has 0 aliphatic carbocycles. The van der Waals surface area contributed by atoms with Gasteiger partial charge in [0, 0.05) is 25.8 Å². The standard InChI is InChI=1S/C25H29NO8/c1-30-14-8-13-26-21(15-9-6-12-18(33-4)24(15)34-5)20(23(28)25(26)29)22(27)19-16(31-2)10-7-11-17(19)32-3/h6-7,9-12,21,27H,8,13-14H2,1-5H3/b22-20+. The number of rotatable bonds is 10. The summed E-state index contributed by atoms with van der Waals surface area (Å²) in [6.07, 6.45) is 0.490. The fourth-order valence-electron chi connectivity index (χ4n) is 4.16.